The predicted octanol–water partition coefficient (Wildman–Crippen LogP) is 1.66. The third-order valence-corrected chi connectivity index (χ3v) is 2.96. The van der Waals surface area contributed by atoms with Crippen LogP contribution in [0.5, 0.6) is 0 Å². The summed E-state index contributed by atoms with van der Waals surface area (Å²) in [6.07, 6.45) is 0.678. The minimum absolute atomic E-state index is 0.463. The van der Waals surface area contributed by atoms with Gasteiger partial charge in [0.05, 0.1) is 12.1 Å². The fourth-order valence-electron chi connectivity index (χ4n) is 1.78. The molecule has 0 radical (unpaired) electrons. The van der Waals surface area contributed by atoms with Gasteiger partial charge >= 0.3 is 0 Å². The van der Waals surface area contributed by atoms with E-state index in [1.807, 2.05) is 18.2 Å². The molecule has 0 aliphatic carbocycles. The molecule has 1 heterocycles. The molecule has 5 N–H and O–H groups in total. The maximum Gasteiger partial charge on any atom is 0.123 e. The Bertz CT molecular complexity index is 527. The molecule has 2 rings (SSSR count). The van der Waals surface area contributed by atoms with Crippen LogP contribution < -0.4 is 11.5 Å². The molecular formula is C14H16FN3O. The highest BCUT2D eigenvalue weighted by molar-refractivity contribution is 5.63. The number of aliphatic hydroxyl groups excluding tert-OH is 1. The van der Waals surface area contributed by atoms with Gasteiger partial charge in [0.2, 0.25) is 0 Å². The van der Waals surface area contributed by atoms with E-state index in [1.165, 1.54) is 0 Å². The van der Waals surface area contributed by atoms with E-state index >= 15 is 0 Å². The Hall–Kier alpha value is -1.98. The van der Waals surface area contributed by atoms with Crippen LogP contribution >= 0.6 is 0 Å². The van der Waals surface area contributed by atoms with Crippen molar-refractivity contribution < 1.29 is 9.50 Å². The van der Waals surface area contributed by atoms with Gasteiger partial charge in [0.25, 0.3) is 0 Å². The lowest BCUT2D eigenvalue weighted by Crippen LogP contribution is -2.30. The van der Waals surface area contributed by atoms with E-state index in [-0.39, 0.29) is 0 Å². The second-order valence-electron chi connectivity index (χ2n) is 4.36. The number of aromatic nitrogens is 1. The Morgan fingerprint density at radius 2 is 1.74 bits per heavy atom. The smallest absolute Gasteiger partial charge is 0.123 e. The number of hydrogen-bond acceptors (Lipinski definition) is 4. The molecule has 2 aromatic rings. The number of nitrogens with zero attached hydrogens (tertiary/aromatic N) is 1. The van der Waals surface area contributed by atoms with Gasteiger partial charge in [-0.15, -0.1) is 0 Å². The maximum atomic E-state index is 12.4. The molecule has 4 nitrogen and oxygen atoms in total. The number of alkyl halides is 1. The minimum atomic E-state index is -0.997. The molecule has 0 amide bonds. The van der Waals surface area contributed by atoms with E-state index in [1.54, 1.807) is 24.4 Å². The number of hydrogen-bond donors (Lipinski definition) is 3. The first-order valence-corrected chi connectivity index (χ1v) is 5.93. The summed E-state index contributed by atoms with van der Waals surface area (Å²) in [4.78, 5) is 4.01. The monoisotopic (exact) mass is 261 g/mol. The Kier molecular flexibility index (Phi) is 4.09. The molecule has 0 aliphatic rings. The van der Waals surface area contributed by atoms with E-state index in [0.717, 1.165) is 11.1 Å². The lowest BCUT2D eigenvalue weighted by Gasteiger charge is -2.16. The van der Waals surface area contributed by atoms with Gasteiger partial charge in [0.15, 0.2) is 0 Å². The summed E-state index contributed by atoms with van der Waals surface area (Å²) in [6.45, 7) is -0.759. The number of benzene rings is 1. The second kappa shape index (κ2) is 5.77. The van der Waals surface area contributed by atoms with Gasteiger partial charge in [0, 0.05) is 11.8 Å². The van der Waals surface area contributed by atoms with Crippen LogP contribution in [0, 0.1) is 0 Å². The van der Waals surface area contributed by atoms with Crippen molar-refractivity contribution in [1.29, 1.82) is 0 Å². The van der Waals surface area contributed by atoms with Crippen molar-refractivity contribution in [2.45, 2.75) is 12.1 Å². The van der Waals surface area contributed by atoms with Gasteiger partial charge in [0.1, 0.15) is 12.5 Å². The third-order valence-electron chi connectivity index (χ3n) is 2.96. The first-order chi connectivity index (χ1) is 9.11. The molecular weight excluding hydrogens is 245 g/mol. The SMILES string of the molecule is Nc1ccc(-c2ccc([C@@H](O)[C@H](N)CF)cc2)cn1. The third kappa shape index (κ3) is 3.07. The topological polar surface area (TPSA) is 85.2 Å². The van der Waals surface area contributed by atoms with E-state index < -0.39 is 18.8 Å². The van der Waals surface area contributed by atoms with Gasteiger partial charge in [-0.3, -0.25) is 0 Å². The maximum absolute atomic E-state index is 12.4. The Labute approximate surface area is 110 Å². The number of nitrogens with two attached hydrogens (primary N) is 2. The number of pyridine rings is 1. The molecule has 0 saturated carbocycles. The molecule has 0 saturated heterocycles. The van der Waals surface area contributed by atoms with E-state index in [0.29, 0.717) is 11.4 Å². The van der Waals surface area contributed by atoms with Crippen LogP contribution in [0.3, 0.4) is 0 Å². The minimum Gasteiger partial charge on any atom is -0.387 e. The van der Waals surface area contributed by atoms with Crippen LogP contribution in [-0.4, -0.2) is 22.8 Å². The number of aliphatic hydroxyl groups is 1. The fraction of sp³-hybridized carbons (Fsp3) is 0.214. The summed E-state index contributed by atoms with van der Waals surface area (Å²) < 4.78 is 12.4. The highest BCUT2D eigenvalue weighted by Gasteiger charge is 2.16. The lowest BCUT2D eigenvalue weighted by molar-refractivity contribution is 0.132. The average Bonchev–Trinajstić information content (AvgIpc) is 2.46. The van der Waals surface area contributed by atoms with Crippen molar-refractivity contribution in [1.82, 2.24) is 4.98 Å². The molecule has 0 aliphatic heterocycles. The number of rotatable bonds is 4. The Morgan fingerprint density at radius 1 is 1.11 bits per heavy atom. The van der Waals surface area contributed by atoms with Crippen molar-refractivity contribution in [2.75, 3.05) is 12.4 Å². The molecule has 5 heteroatoms. The lowest BCUT2D eigenvalue weighted by atomic mass is 10.00. The summed E-state index contributed by atoms with van der Waals surface area (Å²) in [5, 5.41) is 9.79. The summed E-state index contributed by atoms with van der Waals surface area (Å²) in [7, 11) is 0. The van der Waals surface area contributed by atoms with Gasteiger partial charge in [-0.25, -0.2) is 9.37 Å². The zero-order chi connectivity index (χ0) is 13.8. The van der Waals surface area contributed by atoms with Crippen molar-refractivity contribution in [3.63, 3.8) is 0 Å². The average molecular weight is 261 g/mol. The molecule has 100 valence electrons. The zero-order valence-electron chi connectivity index (χ0n) is 10.3. The Balaban J connectivity index is 2.21. The standard InChI is InChI=1S/C14H16FN3O/c15-7-12(16)14(19)10-3-1-9(2-4-10)11-5-6-13(17)18-8-11/h1-6,8,12,14,19H,7,16H2,(H2,17,18)/t12-,14-/m1/s1. The van der Waals surface area contributed by atoms with Crippen LogP contribution in [0.2, 0.25) is 0 Å². The predicted molar refractivity (Wildman–Crippen MR) is 73.0 cm³/mol. The zero-order valence-corrected chi connectivity index (χ0v) is 10.3. The molecule has 0 unspecified atom stereocenters. The summed E-state index contributed by atoms with van der Waals surface area (Å²) in [5.41, 5.74) is 13.4. The fourth-order valence-corrected chi connectivity index (χ4v) is 1.78. The molecule has 19 heavy (non-hydrogen) atoms. The molecule has 0 bridgehead atoms. The molecule has 0 spiro atoms. The van der Waals surface area contributed by atoms with Gasteiger partial charge in [-0.2, -0.15) is 0 Å². The van der Waals surface area contributed by atoms with Crippen LogP contribution in [0.15, 0.2) is 42.6 Å². The van der Waals surface area contributed by atoms with E-state index in [9.17, 15) is 9.50 Å². The number of halogens is 1. The van der Waals surface area contributed by atoms with Gasteiger partial charge in [-0.05, 0) is 23.3 Å². The second-order valence-corrected chi connectivity index (χ2v) is 4.36. The quantitative estimate of drug-likeness (QED) is 0.781. The molecule has 2 atom stereocenters. The first-order valence-electron chi connectivity index (χ1n) is 5.93. The van der Waals surface area contributed by atoms with Crippen LogP contribution in [0.4, 0.5) is 10.2 Å². The van der Waals surface area contributed by atoms with Gasteiger partial charge in [-0.1, -0.05) is 24.3 Å². The normalized spacial score (nSPS) is 14.1. The summed E-state index contributed by atoms with van der Waals surface area (Å²) in [5.74, 6) is 0.463. The first kappa shape index (κ1) is 13.5. The van der Waals surface area contributed by atoms with Gasteiger partial charge < -0.3 is 16.6 Å². The van der Waals surface area contributed by atoms with E-state index in [2.05, 4.69) is 4.98 Å². The van der Waals surface area contributed by atoms with E-state index in [4.69, 9.17) is 11.5 Å². The number of anilines is 1. The van der Waals surface area contributed by atoms with Crippen LogP contribution in [0.25, 0.3) is 11.1 Å². The summed E-state index contributed by atoms with van der Waals surface area (Å²) in [6, 6.07) is 9.80. The van der Waals surface area contributed by atoms with Crippen LogP contribution in [-0.2, 0) is 0 Å². The summed E-state index contributed by atoms with van der Waals surface area (Å²) >= 11 is 0. The highest BCUT2D eigenvalue weighted by Crippen LogP contribution is 2.23. The van der Waals surface area contributed by atoms with Crippen molar-refractivity contribution in [3.05, 3.63) is 48.2 Å². The van der Waals surface area contributed by atoms with Crippen molar-refractivity contribution in [3.8, 4) is 11.1 Å². The highest BCUT2D eigenvalue weighted by atomic mass is 19.1. The number of nitrogen functional groups attached to an aromatic ring is 1. The van der Waals surface area contributed by atoms with Crippen LogP contribution in [0.1, 0.15) is 11.7 Å². The molecule has 1 aromatic heterocycles. The molecule has 0 fully saturated rings. The van der Waals surface area contributed by atoms with Crippen molar-refractivity contribution in [2.24, 2.45) is 5.73 Å². The largest absolute Gasteiger partial charge is 0.387 e. The van der Waals surface area contributed by atoms with Crippen molar-refractivity contribution >= 4 is 5.82 Å². The Morgan fingerprint density at radius 3 is 2.26 bits per heavy atom. The molecule has 1 aromatic carbocycles.